The van der Waals surface area contributed by atoms with E-state index in [-0.39, 0.29) is 44.2 Å². The number of amides is 1. The molecule has 1 N–H and O–H groups in total. The van der Waals surface area contributed by atoms with Crippen LogP contribution in [0.4, 0.5) is 8.78 Å². The quantitative estimate of drug-likeness (QED) is 0.837. The Bertz CT molecular complexity index is 392. The molecule has 7 heteroatoms. The maximum Gasteiger partial charge on any atom is 0.334 e. The first-order chi connectivity index (χ1) is 9.28. The van der Waals surface area contributed by atoms with Crippen LogP contribution in [-0.2, 0) is 14.3 Å². The van der Waals surface area contributed by atoms with Gasteiger partial charge in [0.05, 0.1) is 12.6 Å². The molecular weight excluding hydrogens is 272 g/mol. The minimum absolute atomic E-state index is 0.00853. The predicted octanol–water partition coefficient (Wildman–Crippen LogP) is 1.51. The van der Waals surface area contributed by atoms with Gasteiger partial charge in [-0.05, 0) is 19.8 Å². The lowest BCUT2D eigenvalue weighted by Gasteiger charge is -2.38. The number of carboxylic acids is 1. The van der Waals surface area contributed by atoms with Gasteiger partial charge in [-0.15, -0.1) is 0 Å². The van der Waals surface area contributed by atoms with Crippen LogP contribution in [0.1, 0.15) is 32.6 Å². The maximum absolute atomic E-state index is 13.1. The zero-order valence-corrected chi connectivity index (χ0v) is 11.3. The van der Waals surface area contributed by atoms with E-state index in [2.05, 4.69) is 0 Å². The number of halogens is 2. The lowest BCUT2D eigenvalue weighted by atomic mass is 9.85. The second kappa shape index (κ2) is 5.63. The van der Waals surface area contributed by atoms with Gasteiger partial charge < -0.3 is 14.7 Å². The third-order valence-corrected chi connectivity index (χ3v) is 3.91. The Hall–Kier alpha value is -1.24. The fraction of sp³-hybridized carbons (Fsp3) is 0.846. The van der Waals surface area contributed by atoms with Gasteiger partial charge in [-0.1, -0.05) is 0 Å². The molecule has 2 rings (SSSR count). The zero-order valence-electron chi connectivity index (χ0n) is 11.3. The number of alkyl halides is 2. The molecule has 1 saturated carbocycles. The van der Waals surface area contributed by atoms with Crippen molar-refractivity contribution in [2.24, 2.45) is 5.92 Å². The number of carbonyl (C=O) groups excluding carboxylic acids is 1. The molecule has 1 aliphatic heterocycles. The number of hydrogen-bond acceptors (Lipinski definition) is 3. The fourth-order valence-electron chi connectivity index (χ4n) is 2.81. The Labute approximate surface area is 115 Å². The lowest BCUT2D eigenvalue weighted by molar-refractivity contribution is -0.168. The number of carbonyl (C=O) groups is 2. The molecule has 1 saturated heterocycles. The molecule has 0 aromatic carbocycles. The molecular formula is C13H19F2NO4. The van der Waals surface area contributed by atoms with E-state index in [1.54, 1.807) is 6.92 Å². The minimum atomic E-state index is -2.67. The average molecular weight is 291 g/mol. The Morgan fingerprint density at radius 3 is 2.40 bits per heavy atom. The summed E-state index contributed by atoms with van der Waals surface area (Å²) in [5.41, 5.74) is 0. The van der Waals surface area contributed by atoms with Crippen LogP contribution in [0.5, 0.6) is 0 Å². The Balaban J connectivity index is 1.96. The molecule has 0 radical (unpaired) electrons. The van der Waals surface area contributed by atoms with Crippen molar-refractivity contribution in [1.29, 1.82) is 0 Å². The summed E-state index contributed by atoms with van der Waals surface area (Å²) in [4.78, 5) is 24.7. The van der Waals surface area contributed by atoms with E-state index in [1.165, 1.54) is 4.90 Å². The summed E-state index contributed by atoms with van der Waals surface area (Å²) in [6, 6.07) is 0. The van der Waals surface area contributed by atoms with Crippen LogP contribution < -0.4 is 0 Å². The Morgan fingerprint density at radius 2 is 1.85 bits per heavy atom. The van der Waals surface area contributed by atoms with Gasteiger partial charge in [-0.2, -0.15) is 0 Å². The zero-order chi connectivity index (χ0) is 14.9. The number of hydrogen-bond donors (Lipinski definition) is 1. The molecule has 2 atom stereocenters. The second-order valence-corrected chi connectivity index (χ2v) is 5.65. The first-order valence-corrected chi connectivity index (χ1v) is 6.83. The van der Waals surface area contributed by atoms with E-state index in [1.807, 2.05) is 0 Å². The number of ether oxygens (including phenoxy) is 1. The van der Waals surface area contributed by atoms with Gasteiger partial charge >= 0.3 is 5.97 Å². The Morgan fingerprint density at radius 1 is 1.25 bits per heavy atom. The normalized spacial score (nSPS) is 31.1. The highest BCUT2D eigenvalue weighted by atomic mass is 19.3. The van der Waals surface area contributed by atoms with Crippen molar-refractivity contribution < 1.29 is 28.2 Å². The number of aliphatic carboxylic acids is 1. The number of nitrogens with zero attached hydrogens (tertiary/aromatic N) is 1. The third kappa shape index (κ3) is 3.45. The smallest absolute Gasteiger partial charge is 0.334 e. The second-order valence-electron chi connectivity index (χ2n) is 5.65. The molecule has 5 nitrogen and oxygen atoms in total. The molecule has 1 amide bonds. The summed E-state index contributed by atoms with van der Waals surface area (Å²) in [6.45, 7) is 2.01. The SMILES string of the molecule is C[C@@H]1CN(C(=O)C2CCC(F)(F)CC2)CC(C(=O)O)O1. The van der Waals surface area contributed by atoms with E-state index >= 15 is 0 Å². The van der Waals surface area contributed by atoms with E-state index in [4.69, 9.17) is 9.84 Å². The average Bonchev–Trinajstić information content (AvgIpc) is 2.37. The molecule has 0 aromatic rings. The van der Waals surface area contributed by atoms with Crippen molar-refractivity contribution in [2.75, 3.05) is 13.1 Å². The molecule has 0 bridgehead atoms. The summed E-state index contributed by atoms with van der Waals surface area (Å²) in [5, 5.41) is 8.97. The summed E-state index contributed by atoms with van der Waals surface area (Å²) in [5.74, 6) is -4.42. The first-order valence-electron chi connectivity index (χ1n) is 6.83. The van der Waals surface area contributed by atoms with Crippen molar-refractivity contribution >= 4 is 11.9 Å². The highest BCUT2D eigenvalue weighted by Crippen LogP contribution is 2.37. The predicted molar refractivity (Wildman–Crippen MR) is 65.5 cm³/mol. The van der Waals surface area contributed by atoms with Crippen LogP contribution in [0.25, 0.3) is 0 Å². The van der Waals surface area contributed by atoms with Gasteiger partial charge in [0.15, 0.2) is 6.10 Å². The number of carboxylic acid groups (broad SMARTS) is 1. The van der Waals surface area contributed by atoms with Gasteiger partial charge in [0, 0.05) is 25.3 Å². The molecule has 2 aliphatic rings. The Kier molecular flexibility index (Phi) is 4.27. The van der Waals surface area contributed by atoms with E-state index < -0.39 is 23.9 Å². The van der Waals surface area contributed by atoms with Crippen LogP contribution in [0.15, 0.2) is 0 Å². The number of rotatable bonds is 2. The van der Waals surface area contributed by atoms with Gasteiger partial charge in [0.1, 0.15) is 0 Å². The molecule has 0 aromatic heterocycles. The summed E-state index contributed by atoms with van der Waals surface area (Å²) in [6.07, 6.45) is -1.62. The topological polar surface area (TPSA) is 66.8 Å². The third-order valence-electron chi connectivity index (χ3n) is 3.91. The fourth-order valence-corrected chi connectivity index (χ4v) is 2.81. The first kappa shape index (κ1) is 15.2. The molecule has 114 valence electrons. The number of morpholine rings is 1. The molecule has 1 heterocycles. The summed E-state index contributed by atoms with van der Waals surface area (Å²) in [7, 11) is 0. The molecule has 20 heavy (non-hydrogen) atoms. The summed E-state index contributed by atoms with van der Waals surface area (Å²) < 4.78 is 31.4. The standard InChI is InChI=1S/C13H19F2NO4/c1-8-6-16(7-10(20-8)12(18)19)11(17)9-2-4-13(14,15)5-3-9/h8-10H,2-7H2,1H3,(H,18,19)/t8-,10?/m1/s1. The van der Waals surface area contributed by atoms with E-state index in [0.29, 0.717) is 6.54 Å². The van der Waals surface area contributed by atoms with Crippen molar-refractivity contribution in [3.63, 3.8) is 0 Å². The van der Waals surface area contributed by atoms with Crippen molar-refractivity contribution in [1.82, 2.24) is 4.90 Å². The van der Waals surface area contributed by atoms with Crippen LogP contribution in [0.2, 0.25) is 0 Å². The summed E-state index contributed by atoms with van der Waals surface area (Å²) >= 11 is 0. The van der Waals surface area contributed by atoms with Crippen molar-refractivity contribution in [2.45, 2.75) is 50.7 Å². The van der Waals surface area contributed by atoms with Crippen LogP contribution in [0, 0.1) is 5.92 Å². The van der Waals surface area contributed by atoms with Crippen LogP contribution in [-0.4, -0.2) is 53.1 Å². The largest absolute Gasteiger partial charge is 0.479 e. The van der Waals surface area contributed by atoms with Crippen LogP contribution >= 0.6 is 0 Å². The highest BCUT2D eigenvalue weighted by Gasteiger charge is 2.40. The van der Waals surface area contributed by atoms with E-state index in [9.17, 15) is 18.4 Å². The van der Waals surface area contributed by atoms with Crippen LogP contribution in [0.3, 0.4) is 0 Å². The minimum Gasteiger partial charge on any atom is -0.479 e. The molecule has 0 spiro atoms. The van der Waals surface area contributed by atoms with Gasteiger partial charge in [0.2, 0.25) is 11.8 Å². The van der Waals surface area contributed by atoms with Gasteiger partial charge in [-0.3, -0.25) is 4.79 Å². The van der Waals surface area contributed by atoms with Gasteiger partial charge in [-0.25, -0.2) is 13.6 Å². The molecule has 1 aliphatic carbocycles. The van der Waals surface area contributed by atoms with Crippen molar-refractivity contribution in [3.05, 3.63) is 0 Å². The van der Waals surface area contributed by atoms with Crippen molar-refractivity contribution in [3.8, 4) is 0 Å². The highest BCUT2D eigenvalue weighted by molar-refractivity contribution is 5.80. The maximum atomic E-state index is 13.1. The monoisotopic (exact) mass is 291 g/mol. The van der Waals surface area contributed by atoms with Gasteiger partial charge in [0.25, 0.3) is 0 Å². The lowest BCUT2D eigenvalue weighted by Crippen LogP contribution is -2.53. The molecule has 1 unspecified atom stereocenters. The molecule has 2 fully saturated rings. The van der Waals surface area contributed by atoms with E-state index in [0.717, 1.165) is 0 Å².